The quantitative estimate of drug-likeness (QED) is 0.0908. The Morgan fingerprint density at radius 2 is 0.423 bits per heavy atom. The van der Waals surface area contributed by atoms with Crippen LogP contribution in [-0.4, -0.2) is 79.7 Å². The molecule has 0 saturated carbocycles. The molecular formula is C72H34Cl8N16O8. The molecule has 8 bridgehead atoms. The summed E-state index contributed by atoms with van der Waals surface area (Å²) in [5.74, 6) is 0.198. The smallest absolute Gasteiger partial charge is 0.169 e. The number of nitrogens with one attached hydrogen (secondary N) is 2. The standard InChI is InChI=1S/C72H34Cl8N16O8/c73-49-41-45(57(97-33-9-1-17-81-25-33)53(77)61(49)101-37-13-5-21-85-29-37)69-89-65(41)94-70-47-43(51(75)63(103-39-15-7-23-87-31-39)55(79)59(47)99-35-11-3-19-83-27-35)67(91-70)96-72-48-44(52(76)64(104-40-16-8-24-88-32-40)56(80)60(48)100-36-12-4-20-84-28-36)68(92-72)95-71-46-42(66(90-71)93-69)50(74)62(102-38-14-6-22-86-30-38)54(78)58(46)98-34-10-2-18-82-26-34/h1-32H,(H2,89,90,91,92,93,94,95,96). The van der Waals surface area contributed by atoms with Gasteiger partial charge >= 0.3 is 0 Å². The van der Waals surface area contributed by atoms with Crippen LogP contribution >= 0.6 is 92.8 Å². The molecule has 0 spiro atoms. The van der Waals surface area contributed by atoms with Crippen molar-refractivity contribution >= 4 is 137 Å². The molecule has 17 rings (SSSR count). The minimum Gasteiger partial charge on any atom is -0.453 e. The first kappa shape index (κ1) is 65.5. The van der Waals surface area contributed by atoms with Gasteiger partial charge in [-0.1, -0.05) is 92.8 Å². The van der Waals surface area contributed by atoms with Crippen molar-refractivity contribution in [1.82, 2.24) is 79.7 Å². The van der Waals surface area contributed by atoms with Gasteiger partial charge in [-0.05, 0) is 97.1 Å². The molecule has 0 aliphatic carbocycles. The zero-order chi connectivity index (χ0) is 70.7. The number of pyridine rings is 8. The average Bonchev–Trinajstić information content (AvgIpc) is 1.56. The Kier molecular flexibility index (Phi) is 17.3. The molecule has 0 unspecified atom stereocenters. The SMILES string of the molecule is Clc1c(Oc2cccnc2)c(Cl)c2c(c1Oc1cccnc1)-c1nc-2nc2[nH]c(nc3nc(nc4[nH]c(n1)c1c(Cl)c(Oc5cccnc5)c(Cl)c(Oc5cccnc5)c41)-c1c(Cl)c(Oc4cccnc4)c(Cl)c(Oc4cccnc4)c1-3)c1c(Cl)c(Oc3cccnc3)c(Cl)c(Oc3cccnc3)c21. The van der Waals surface area contributed by atoms with Gasteiger partial charge in [0.05, 0.1) is 113 Å². The number of halogens is 8. The normalized spacial score (nSPS) is 11.5. The molecule has 506 valence electrons. The van der Waals surface area contributed by atoms with Crippen LogP contribution in [0.4, 0.5) is 0 Å². The van der Waals surface area contributed by atoms with Gasteiger partial charge in [-0.15, -0.1) is 0 Å². The maximum Gasteiger partial charge on any atom is 0.169 e. The number of ether oxygens (including phenoxy) is 8. The number of benzene rings is 4. The van der Waals surface area contributed by atoms with Gasteiger partial charge in [-0.2, -0.15) is 0 Å². The molecule has 13 heterocycles. The molecular weight excluding hydrogens is 1500 g/mol. The number of hydrogen-bond donors (Lipinski definition) is 2. The van der Waals surface area contributed by atoms with Crippen molar-refractivity contribution in [1.29, 1.82) is 0 Å². The maximum atomic E-state index is 7.81. The van der Waals surface area contributed by atoms with Crippen molar-refractivity contribution in [3.8, 4) is 138 Å². The summed E-state index contributed by atoms with van der Waals surface area (Å²) in [6, 6.07) is 26.6. The molecule has 15 aromatic rings. The monoisotopic (exact) mass is 1530 g/mol. The highest BCUT2D eigenvalue weighted by molar-refractivity contribution is 6.46. The van der Waals surface area contributed by atoms with E-state index >= 15 is 0 Å². The highest BCUT2D eigenvalue weighted by Gasteiger charge is 2.38. The number of nitrogens with zero attached hydrogens (tertiary/aromatic N) is 14. The lowest BCUT2D eigenvalue weighted by Gasteiger charge is -2.18. The third-order valence-electron chi connectivity index (χ3n) is 15.6. The largest absolute Gasteiger partial charge is 0.453 e. The van der Waals surface area contributed by atoms with Crippen LogP contribution in [0.2, 0.25) is 40.2 Å². The predicted octanol–water partition coefficient (Wildman–Crippen LogP) is 21.6. The fourth-order valence-corrected chi connectivity index (χ4v) is 13.8. The summed E-state index contributed by atoms with van der Waals surface area (Å²) < 4.78 is 53.5. The topological polar surface area (TPSA) is 286 Å². The van der Waals surface area contributed by atoms with Crippen molar-refractivity contribution in [3.05, 3.63) is 236 Å². The molecule has 0 saturated heterocycles. The van der Waals surface area contributed by atoms with Crippen LogP contribution < -0.4 is 37.9 Å². The molecule has 2 aliphatic rings. The molecule has 0 atom stereocenters. The molecule has 104 heavy (non-hydrogen) atoms. The van der Waals surface area contributed by atoms with Gasteiger partial charge in [0.25, 0.3) is 0 Å². The number of rotatable bonds is 16. The number of H-pyrrole nitrogens is 2. The Bertz CT molecular complexity index is 5740. The summed E-state index contributed by atoms with van der Waals surface area (Å²) in [6.45, 7) is 0. The Labute approximate surface area is 624 Å². The summed E-state index contributed by atoms with van der Waals surface area (Å²) in [4.78, 5) is 73.4. The third-order valence-corrected chi connectivity index (χ3v) is 18.4. The van der Waals surface area contributed by atoms with Crippen LogP contribution in [-0.2, 0) is 0 Å². The minimum atomic E-state index is -0.174. The Morgan fingerprint density at radius 3 is 0.673 bits per heavy atom. The van der Waals surface area contributed by atoms with Crippen molar-refractivity contribution in [2.75, 3.05) is 0 Å². The van der Waals surface area contributed by atoms with Gasteiger partial charge in [-0.3, -0.25) is 39.9 Å². The van der Waals surface area contributed by atoms with Gasteiger partial charge in [0, 0.05) is 49.6 Å². The fourth-order valence-electron chi connectivity index (χ4n) is 11.3. The fraction of sp³-hybridized carbons (Fsp3) is 0. The summed E-state index contributed by atoms with van der Waals surface area (Å²) in [6.07, 6.45) is 24.3. The lowest BCUT2D eigenvalue weighted by Crippen LogP contribution is -1.97. The Morgan fingerprint density at radius 1 is 0.212 bits per heavy atom. The predicted molar refractivity (Wildman–Crippen MR) is 391 cm³/mol. The number of aromatic amines is 2. The molecule has 32 heteroatoms. The van der Waals surface area contributed by atoms with Gasteiger partial charge in [-0.25, -0.2) is 29.9 Å². The van der Waals surface area contributed by atoms with Crippen molar-refractivity contribution in [2.24, 2.45) is 0 Å². The molecule has 0 amide bonds. The van der Waals surface area contributed by atoms with E-state index in [4.69, 9.17) is 161 Å². The highest BCUT2D eigenvalue weighted by atomic mass is 35.5. The summed E-state index contributed by atoms with van der Waals surface area (Å²) in [5.41, 5.74) is -0.173. The third kappa shape index (κ3) is 12.0. The van der Waals surface area contributed by atoms with Crippen molar-refractivity contribution < 1.29 is 37.9 Å². The van der Waals surface area contributed by atoms with Crippen LogP contribution in [0.1, 0.15) is 0 Å². The second-order valence-corrected chi connectivity index (χ2v) is 25.1. The zero-order valence-electron chi connectivity index (χ0n) is 52.0. The first-order valence-electron chi connectivity index (χ1n) is 30.5. The van der Waals surface area contributed by atoms with Gasteiger partial charge < -0.3 is 47.9 Å². The van der Waals surface area contributed by atoms with Crippen LogP contribution in [0, 0.1) is 0 Å². The molecule has 0 fully saturated rings. The number of aromatic nitrogens is 16. The second-order valence-electron chi connectivity index (χ2n) is 22.1. The molecule has 4 aromatic carbocycles. The van der Waals surface area contributed by atoms with Gasteiger partial charge in [0.1, 0.15) is 88.7 Å². The van der Waals surface area contributed by atoms with E-state index in [1.165, 1.54) is 49.6 Å². The summed E-state index contributed by atoms with van der Waals surface area (Å²) in [5, 5.41) is -0.913. The van der Waals surface area contributed by atoms with E-state index < -0.39 is 0 Å². The van der Waals surface area contributed by atoms with Gasteiger partial charge in [0.2, 0.25) is 0 Å². The molecule has 11 aromatic heterocycles. The van der Waals surface area contributed by atoms with Crippen LogP contribution in [0.5, 0.6) is 92.0 Å². The van der Waals surface area contributed by atoms with E-state index in [0.717, 1.165) is 0 Å². The van der Waals surface area contributed by atoms with E-state index in [-0.39, 0.29) is 222 Å². The van der Waals surface area contributed by atoms with Crippen molar-refractivity contribution in [3.63, 3.8) is 0 Å². The summed E-state index contributed by atoms with van der Waals surface area (Å²) >= 11 is 61.7. The van der Waals surface area contributed by atoms with Crippen LogP contribution in [0.15, 0.2) is 196 Å². The second kappa shape index (κ2) is 27.5. The van der Waals surface area contributed by atoms with E-state index in [1.807, 2.05) is 0 Å². The summed E-state index contributed by atoms with van der Waals surface area (Å²) in [7, 11) is 0. The van der Waals surface area contributed by atoms with Crippen LogP contribution in [0.3, 0.4) is 0 Å². The van der Waals surface area contributed by atoms with E-state index in [2.05, 4.69) is 49.8 Å². The van der Waals surface area contributed by atoms with E-state index in [9.17, 15) is 0 Å². The molecule has 2 aliphatic heterocycles. The number of hydrogen-bond acceptors (Lipinski definition) is 22. The van der Waals surface area contributed by atoms with E-state index in [1.54, 1.807) is 147 Å². The Balaban J connectivity index is 1.09. The first-order valence-corrected chi connectivity index (χ1v) is 33.6. The van der Waals surface area contributed by atoms with E-state index in [0.29, 0.717) is 0 Å². The number of fused-ring (bicyclic) bond motifs is 20. The van der Waals surface area contributed by atoms with Crippen molar-refractivity contribution in [2.45, 2.75) is 0 Å². The lowest BCUT2D eigenvalue weighted by atomic mass is 10.1. The Hall–Kier alpha value is -11.8. The first-order chi connectivity index (χ1) is 50.9. The molecule has 2 N–H and O–H groups in total. The average molecular weight is 1530 g/mol. The van der Waals surface area contributed by atoms with Gasteiger partial charge in [0.15, 0.2) is 69.3 Å². The minimum absolute atomic E-state index is 0.0383. The highest BCUT2D eigenvalue weighted by Crippen LogP contribution is 2.60. The van der Waals surface area contributed by atoms with Crippen LogP contribution in [0.25, 0.3) is 89.7 Å². The maximum absolute atomic E-state index is 7.81. The lowest BCUT2D eigenvalue weighted by molar-refractivity contribution is 0.459. The molecule has 24 nitrogen and oxygen atoms in total. The zero-order valence-corrected chi connectivity index (χ0v) is 58.1. The molecule has 0 radical (unpaired) electrons.